The van der Waals surface area contributed by atoms with Crippen LogP contribution in [-0.4, -0.2) is 61.7 Å². The molecule has 4 unspecified atom stereocenters. The van der Waals surface area contributed by atoms with Gasteiger partial charge in [-0.2, -0.15) is 0 Å². The van der Waals surface area contributed by atoms with E-state index in [4.69, 9.17) is 21.3 Å². The van der Waals surface area contributed by atoms with Crippen LogP contribution in [0.1, 0.15) is 30.1 Å². The fourth-order valence-corrected chi connectivity index (χ4v) is 4.85. The molecule has 0 spiro atoms. The normalized spacial score (nSPS) is 29.1. The molecule has 3 saturated heterocycles. The van der Waals surface area contributed by atoms with Gasteiger partial charge in [0.1, 0.15) is 0 Å². The number of hydrogen-bond donors (Lipinski definition) is 2. The highest BCUT2D eigenvalue weighted by atomic mass is 35.5. The van der Waals surface area contributed by atoms with Crippen LogP contribution in [0.15, 0.2) is 29.3 Å². The lowest BCUT2D eigenvalue weighted by atomic mass is 9.82. The summed E-state index contributed by atoms with van der Waals surface area (Å²) >= 11 is 6.07. The Morgan fingerprint density at radius 3 is 2.59 bits per heavy atom. The highest BCUT2D eigenvalue weighted by Gasteiger charge is 2.53. The number of ether oxygens (including phenoxy) is 1. The summed E-state index contributed by atoms with van der Waals surface area (Å²) in [5, 5.41) is 6.75. The minimum absolute atomic E-state index is 0.162. The molecule has 0 aromatic heterocycles. The van der Waals surface area contributed by atoms with Gasteiger partial charge in [0, 0.05) is 38.0 Å². The average Bonchev–Trinajstić information content (AvgIpc) is 3.37. The molecule has 6 nitrogen and oxygen atoms in total. The number of benzene rings is 1. The van der Waals surface area contributed by atoms with Crippen LogP contribution >= 0.6 is 11.6 Å². The molecule has 0 radical (unpaired) electrons. The minimum atomic E-state index is -0.162. The number of rotatable bonds is 5. The molecule has 4 atom stereocenters. The maximum absolute atomic E-state index is 12.2. The lowest BCUT2D eigenvalue weighted by Crippen LogP contribution is -2.41. The first-order valence-corrected chi connectivity index (χ1v) is 10.3. The van der Waals surface area contributed by atoms with Gasteiger partial charge in [0.25, 0.3) is 5.91 Å². The van der Waals surface area contributed by atoms with Gasteiger partial charge >= 0.3 is 0 Å². The number of guanidine groups is 1. The van der Waals surface area contributed by atoms with Crippen LogP contribution in [-0.2, 0) is 4.74 Å². The van der Waals surface area contributed by atoms with Gasteiger partial charge in [0.15, 0.2) is 5.96 Å². The number of amides is 1. The smallest absolute Gasteiger partial charge is 0.252 e. The summed E-state index contributed by atoms with van der Waals surface area (Å²) in [7, 11) is 0. The number of nitrogens with zero attached hydrogens (tertiary/aromatic N) is 2. The Labute approximate surface area is 165 Å². The number of carbonyl (C=O) groups excluding carboxylic acids is 1. The van der Waals surface area contributed by atoms with E-state index in [1.165, 1.54) is 12.8 Å². The maximum Gasteiger partial charge on any atom is 0.252 e. The molecule has 2 bridgehead atoms. The molecule has 7 heteroatoms. The van der Waals surface area contributed by atoms with Gasteiger partial charge in [-0.1, -0.05) is 23.7 Å². The molecule has 146 valence electrons. The minimum Gasteiger partial charge on any atom is -0.374 e. The number of halogens is 1. The topological polar surface area (TPSA) is 66.0 Å². The molecule has 3 fully saturated rings. The molecule has 3 heterocycles. The predicted molar refractivity (Wildman–Crippen MR) is 106 cm³/mol. The van der Waals surface area contributed by atoms with Crippen molar-refractivity contribution in [3.63, 3.8) is 0 Å². The summed E-state index contributed by atoms with van der Waals surface area (Å²) in [6.07, 6.45) is 3.31. The van der Waals surface area contributed by atoms with E-state index in [1.54, 1.807) is 12.1 Å². The van der Waals surface area contributed by atoms with Gasteiger partial charge < -0.3 is 20.3 Å². The summed E-state index contributed by atoms with van der Waals surface area (Å²) < 4.78 is 6.06. The predicted octanol–water partition coefficient (Wildman–Crippen LogP) is 2.14. The third-order valence-electron chi connectivity index (χ3n) is 5.86. The summed E-state index contributed by atoms with van der Waals surface area (Å²) in [6, 6.07) is 7.07. The number of hydrogen-bond acceptors (Lipinski definition) is 3. The van der Waals surface area contributed by atoms with Crippen molar-refractivity contribution in [1.82, 2.24) is 15.5 Å². The quantitative estimate of drug-likeness (QED) is 0.459. The molecule has 3 aliphatic heterocycles. The largest absolute Gasteiger partial charge is 0.374 e. The Balaban J connectivity index is 1.31. The number of likely N-dealkylation sites (tertiary alicyclic amines) is 1. The van der Waals surface area contributed by atoms with Crippen LogP contribution in [0.2, 0.25) is 5.02 Å². The first kappa shape index (κ1) is 18.6. The summed E-state index contributed by atoms with van der Waals surface area (Å²) in [4.78, 5) is 19.3. The lowest BCUT2D eigenvalue weighted by Gasteiger charge is -2.23. The van der Waals surface area contributed by atoms with Gasteiger partial charge in [-0.15, -0.1) is 0 Å². The van der Waals surface area contributed by atoms with Crippen molar-refractivity contribution >= 4 is 23.5 Å². The van der Waals surface area contributed by atoms with Crippen molar-refractivity contribution in [1.29, 1.82) is 0 Å². The van der Waals surface area contributed by atoms with Crippen LogP contribution in [0, 0.1) is 11.8 Å². The Hall–Kier alpha value is -1.79. The van der Waals surface area contributed by atoms with Gasteiger partial charge in [0.2, 0.25) is 0 Å². The van der Waals surface area contributed by atoms with Crippen LogP contribution < -0.4 is 10.6 Å². The fraction of sp³-hybridized carbons (Fsp3) is 0.600. The Morgan fingerprint density at radius 1 is 1.22 bits per heavy atom. The van der Waals surface area contributed by atoms with E-state index >= 15 is 0 Å². The van der Waals surface area contributed by atoms with Crippen molar-refractivity contribution in [2.75, 3.05) is 32.7 Å². The average molecular weight is 391 g/mol. The van der Waals surface area contributed by atoms with Crippen molar-refractivity contribution in [3.05, 3.63) is 34.9 Å². The third kappa shape index (κ3) is 3.78. The number of fused-ring (bicyclic) bond motifs is 5. The molecule has 27 heavy (non-hydrogen) atoms. The van der Waals surface area contributed by atoms with Crippen LogP contribution in [0.3, 0.4) is 0 Å². The van der Waals surface area contributed by atoms with E-state index in [1.807, 2.05) is 12.1 Å². The second-order valence-electron chi connectivity index (χ2n) is 7.49. The Bertz CT molecular complexity index is 708. The van der Waals surface area contributed by atoms with Crippen molar-refractivity contribution in [3.8, 4) is 0 Å². The summed E-state index contributed by atoms with van der Waals surface area (Å²) in [5.74, 6) is 2.07. The number of aliphatic imine (C=N–C) groups is 1. The second-order valence-corrected chi connectivity index (χ2v) is 7.90. The molecular formula is C20H27ClN4O2. The molecule has 4 rings (SSSR count). The van der Waals surface area contributed by atoms with E-state index in [9.17, 15) is 4.79 Å². The standard InChI is InChI=1S/C20H27ClN4O2/c1-2-22-20(25-11-14-15(12-25)18-8-7-17(14)27-18)24-10-9-23-19(26)13-5-3-4-6-16(13)21/h3-6,14-15,17-18H,2,7-12H2,1H3,(H,22,24)(H,23,26). The number of carbonyl (C=O) groups is 1. The highest BCUT2D eigenvalue weighted by Crippen LogP contribution is 2.47. The van der Waals surface area contributed by atoms with Gasteiger partial charge in [0.05, 0.1) is 29.3 Å². The monoisotopic (exact) mass is 390 g/mol. The summed E-state index contributed by atoms with van der Waals surface area (Å²) in [6.45, 7) is 5.97. The van der Waals surface area contributed by atoms with E-state index in [-0.39, 0.29) is 5.91 Å². The van der Waals surface area contributed by atoms with Crippen LogP contribution in [0.25, 0.3) is 0 Å². The lowest BCUT2D eigenvalue weighted by molar-refractivity contribution is 0.0767. The first-order chi connectivity index (χ1) is 13.2. The van der Waals surface area contributed by atoms with Crippen molar-refractivity contribution < 1.29 is 9.53 Å². The van der Waals surface area contributed by atoms with Gasteiger partial charge in [-0.25, -0.2) is 0 Å². The van der Waals surface area contributed by atoms with Crippen molar-refractivity contribution in [2.24, 2.45) is 16.8 Å². The van der Waals surface area contributed by atoms with Crippen LogP contribution in [0.4, 0.5) is 0 Å². The van der Waals surface area contributed by atoms with Gasteiger partial charge in [-0.05, 0) is 31.9 Å². The molecule has 0 aliphatic carbocycles. The molecule has 1 aromatic carbocycles. The fourth-order valence-electron chi connectivity index (χ4n) is 4.63. The zero-order chi connectivity index (χ0) is 18.8. The molecular weight excluding hydrogens is 364 g/mol. The molecule has 0 saturated carbocycles. The highest BCUT2D eigenvalue weighted by molar-refractivity contribution is 6.33. The van der Waals surface area contributed by atoms with E-state index in [0.717, 1.165) is 25.6 Å². The third-order valence-corrected chi connectivity index (χ3v) is 6.19. The van der Waals surface area contributed by atoms with E-state index in [2.05, 4.69) is 22.5 Å². The second kappa shape index (κ2) is 8.07. The van der Waals surface area contributed by atoms with E-state index in [0.29, 0.717) is 47.7 Å². The Kier molecular flexibility index (Phi) is 5.55. The molecule has 3 aliphatic rings. The number of nitrogens with one attached hydrogen (secondary N) is 2. The SMILES string of the molecule is CCNC(=NCCNC(=O)c1ccccc1Cl)N1CC2C3CCC(O3)C2C1. The molecule has 2 N–H and O–H groups in total. The summed E-state index contributed by atoms with van der Waals surface area (Å²) in [5.41, 5.74) is 0.498. The zero-order valence-electron chi connectivity index (χ0n) is 15.7. The Morgan fingerprint density at radius 2 is 1.93 bits per heavy atom. The molecule has 1 aromatic rings. The van der Waals surface area contributed by atoms with Crippen LogP contribution in [0.5, 0.6) is 0 Å². The first-order valence-electron chi connectivity index (χ1n) is 9.88. The molecule has 1 amide bonds. The van der Waals surface area contributed by atoms with Gasteiger partial charge in [-0.3, -0.25) is 9.79 Å². The zero-order valence-corrected chi connectivity index (χ0v) is 16.4. The van der Waals surface area contributed by atoms with E-state index < -0.39 is 0 Å². The van der Waals surface area contributed by atoms with Crippen molar-refractivity contribution in [2.45, 2.75) is 32.0 Å². The maximum atomic E-state index is 12.2.